The normalized spacial score (nSPS) is 11.0. The van der Waals surface area contributed by atoms with Gasteiger partial charge in [-0.2, -0.15) is 5.10 Å². The first-order valence-corrected chi connectivity index (χ1v) is 7.43. The van der Waals surface area contributed by atoms with Crippen molar-refractivity contribution in [3.8, 4) is 11.4 Å². The Bertz CT molecular complexity index is 848. The molecule has 0 saturated carbocycles. The number of halogens is 3. The second-order valence-corrected chi connectivity index (χ2v) is 5.38. The van der Waals surface area contributed by atoms with Gasteiger partial charge < -0.3 is 4.57 Å². The number of benzene rings is 1. The molecule has 0 spiro atoms. The Hall–Kier alpha value is -2.34. The van der Waals surface area contributed by atoms with Crippen LogP contribution in [0.25, 0.3) is 11.4 Å². The summed E-state index contributed by atoms with van der Waals surface area (Å²) >= 11 is 5.86. The molecule has 0 amide bonds. The van der Waals surface area contributed by atoms with Gasteiger partial charge in [0.15, 0.2) is 5.15 Å². The first kappa shape index (κ1) is 15.6. The Morgan fingerprint density at radius 1 is 1.17 bits per heavy atom. The Balaban J connectivity index is 2.01. The molecule has 0 bridgehead atoms. The van der Waals surface area contributed by atoms with Gasteiger partial charge in [-0.25, -0.2) is 13.8 Å². The Morgan fingerprint density at radius 3 is 2.78 bits per heavy atom. The molecule has 0 N–H and O–H groups in total. The van der Waals surface area contributed by atoms with Crippen molar-refractivity contribution in [2.75, 3.05) is 0 Å². The molecule has 0 aliphatic heterocycles. The molecule has 2 aromatic heterocycles. The zero-order valence-electron chi connectivity index (χ0n) is 12.3. The van der Waals surface area contributed by atoms with Crippen molar-refractivity contribution in [2.24, 2.45) is 0 Å². The quantitative estimate of drug-likeness (QED) is 0.727. The number of hydrogen-bond acceptors (Lipinski definition) is 3. The second kappa shape index (κ2) is 6.42. The molecule has 1 aromatic carbocycles. The Kier molecular flexibility index (Phi) is 4.34. The monoisotopic (exact) mass is 334 g/mol. The third-order valence-corrected chi connectivity index (χ3v) is 3.70. The predicted octanol–water partition coefficient (Wildman–Crippen LogP) is 3.88. The van der Waals surface area contributed by atoms with Gasteiger partial charge in [-0.3, -0.25) is 0 Å². The fourth-order valence-electron chi connectivity index (χ4n) is 2.38. The predicted molar refractivity (Wildman–Crippen MR) is 83.1 cm³/mol. The van der Waals surface area contributed by atoms with Gasteiger partial charge in [0.1, 0.15) is 17.5 Å². The van der Waals surface area contributed by atoms with Crippen LogP contribution >= 0.6 is 11.6 Å². The van der Waals surface area contributed by atoms with E-state index < -0.39 is 11.6 Å². The van der Waals surface area contributed by atoms with Crippen LogP contribution < -0.4 is 0 Å². The van der Waals surface area contributed by atoms with Crippen molar-refractivity contribution in [3.63, 3.8) is 0 Å². The van der Waals surface area contributed by atoms with Crippen molar-refractivity contribution >= 4 is 11.6 Å². The van der Waals surface area contributed by atoms with Crippen LogP contribution in [0, 0.1) is 11.6 Å². The van der Waals surface area contributed by atoms with Crippen LogP contribution in [0.5, 0.6) is 0 Å². The lowest BCUT2D eigenvalue weighted by Crippen LogP contribution is -2.08. The fraction of sp³-hybridized carbons (Fsp3) is 0.188. The molecule has 0 aliphatic rings. The van der Waals surface area contributed by atoms with E-state index in [2.05, 4.69) is 15.2 Å². The van der Waals surface area contributed by atoms with E-state index in [1.807, 2.05) is 6.92 Å². The molecule has 0 aliphatic carbocycles. The van der Waals surface area contributed by atoms with Gasteiger partial charge in [-0.05, 0) is 36.2 Å². The van der Waals surface area contributed by atoms with Crippen molar-refractivity contribution in [1.82, 2.24) is 19.7 Å². The summed E-state index contributed by atoms with van der Waals surface area (Å²) in [6.07, 6.45) is 3.97. The van der Waals surface area contributed by atoms with Gasteiger partial charge in [0.05, 0.1) is 17.8 Å². The third-order valence-electron chi connectivity index (χ3n) is 3.52. The number of nitrogens with zero attached hydrogens (tertiary/aromatic N) is 4. The lowest BCUT2D eigenvalue weighted by Gasteiger charge is -2.11. The van der Waals surface area contributed by atoms with Crippen molar-refractivity contribution in [1.29, 1.82) is 0 Å². The fourth-order valence-corrected chi connectivity index (χ4v) is 2.55. The van der Waals surface area contributed by atoms with E-state index in [9.17, 15) is 8.78 Å². The van der Waals surface area contributed by atoms with Gasteiger partial charge >= 0.3 is 0 Å². The molecule has 3 aromatic rings. The summed E-state index contributed by atoms with van der Waals surface area (Å²) in [5.41, 5.74) is 1.77. The highest BCUT2D eigenvalue weighted by Gasteiger charge is 2.14. The van der Waals surface area contributed by atoms with E-state index in [4.69, 9.17) is 11.6 Å². The molecule has 23 heavy (non-hydrogen) atoms. The Labute approximate surface area is 136 Å². The highest BCUT2D eigenvalue weighted by atomic mass is 35.5. The molecule has 0 saturated heterocycles. The number of aromatic nitrogens is 4. The second-order valence-electron chi connectivity index (χ2n) is 5.00. The van der Waals surface area contributed by atoms with E-state index in [-0.39, 0.29) is 5.56 Å². The van der Waals surface area contributed by atoms with E-state index in [0.29, 0.717) is 23.2 Å². The van der Waals surface area contributed by atoms with Gasteiger partial charge in [0.25, 0.3) is 0 Å². The molecule has 0 fully saturated rings. The SMILES string of the molecule is CCc1cc(Cl)nnc1Cn1ccnc1-c1cc(F)ccc1F. The van der Waals surface area contributed by atoms with Gasteiger partial charge in [-0.1, -0.05) is 18.5 Å². The van der Waals surface area contributed by atoms with Crippen LogP contribution in [0.2, 0.25) is 5.15 Å². The topological polar surface area (TPSA) is 43.6 Å². The molecular formula is C16H13ClF2N4. The molecule has 3 rings (SSSR count). The summed E-state index contributed by atoms with van der Waals surface area (Å²) in [5.74, 6) is -0.714. The lowest BCUT2D eigenvalue weighted by molar-refractivity contribution is 0.600. The molecule has 0 radical (unpaired) electrons. The maximum Gasteiger partial charge on any atom is 0.152 e. The van der Waals surface area contributed by atoms with Crippen LogP contribution in [0.1, 0.15) is 18.2 Å². The molecule has 0 unspecified atom stereocenters. The zero-order valence-corrected chi connectivity index (χ0v) is 13.1. The van der Waals surface area contributed by atoms with E-state index >= 15 is 0 Å². The third kappa shape index (κ3) is 3.22. The maximum atomic E-state index is 14.0. The standard InChI is InChI=1S/C16H13ClF2N4/c1-2-10-7-15(17)22-21-14(10)9-23-6-5-20-16(23)12-8-11(18)3-4-13(12)19/h3-8H,2,9H2,1H3. The molecule has 4 nitrogen and oxygen atoms in total. The van der Waals surface area contributed by atoms with Crippen LogP contribution in [0.15, 0.2) is 36.7 Å². The number of imidazole rings is 1. The zero-order chi connectivity index (χ0) is 16.4. The molecule has 118 valence electrons. The van der Waals surface area contributed by atoms with Gasteiger partial charge in [-0.15, -0.1) is 5.10 Å². The summed E-state index contributed by atoms with van der Waals surface area (Å²) in [6.45, 7) is 2.33. The summed E-state index contributed by atoms with van der Waals surface area (Å²) < 4.78 is 29.1. The molecule has 2 heterocycles. The van der Waals surface area contributed by atoms with Gasteiger partial charge in [0, 0.05) is 12.4 Å². The van der Waals surface area contributed by atoms with E-state index in [0.717, 1.165) is 30.2 Å². The summed E-state index contributed by atoms with van der Waals surface area (Å²) in [7, 11) is 0. The molecule has 0 atom stereocenters. The maximum absolute atomic E-state index is 14.0. The highest BCUT2D eigenvalue weighted by Crippen LogP contribution is 2.23. The van der Waals surface area contributed by atoms with Gasteiger partial charge in [0.2, 0.25) is 0 Å². The minimum atomic E-state index is -0.531. The average Bonchev–Trinajstić information content (AvgIpc) is 2.99. The minimum Gasteiger partial charge on any atom is -0.325 e. The number of aryl methyl sites for hydroxylation is 1. The average molecular weight is 335 g/mol. The summed E-state index contributed by atoms with van der Waals surface area (Å²) in [4.78, 5) is 4.14. The van der Waals surface area contributed by atoms with E-state index in [1.165, 1.54) is 6.20 Å². The first-order chi connectivity index (χ1) is 11.1. The van der Waals surface area contributed by atoms with Crippen LogP contribution in [-0.2, 0) is 13.0 Å². The van der Waals surface area contributed by atoms with Crippen molar-refractivity contribution in [3.05, 3.63) is 64.7 Å². The van der Waals surface area contributed by atoms with Crippen molar-refractivity contribution < 1.29 is 8.78 Å². The van der Waals surface area contributed by atoms with Crippen LogP contribution in [0.3, 0.4) is 0 Å². The Morgan fingerprint density at radius 2 is 2.00 bits per heavy atom. The van der Waals surface area contributed by atoms with E-state index in [1.54, 1.807) is 16.8 Å². The highest BCUT2D eigenvalue weighted by molar-refractivity contribution is 6.29. The minimum absolute atomic E-state index is 0.106. The number of rotatable bonds is 4. The smallest absolute Gasteiger partial charge is 0.152 e. The lowest BCUT2D eigenvalue weighted by atomic mass is 10.1. The largest absolute Gasteiger partial charge is 0.325 e. The van der Waals surface area contributed by atoms with Crippen LogP contribution in [-0.4, -0.2) is 19.7 Å². The summed E-state index contributed by atoms with van der Waals surface area (Å²) in [6, 6.07) is 5.04. The molecule has 7 heteroatoms. The molecular weight excluding hydrogens is 322 g/mol. The summed E-state index contributed by atoms with van der Waals surface area (Å²) in [5, 5.41) is 8.28. The van der Waals surface area contributed by atoms with Crippen molar-refractivity contribution in [2.45, 2.75) is 19.9 Å². The van der Waals surface area contributed by atoms with Crippen LogP contribution in [0.4, 0.5) is 8.78 Å². The first-order valence-electron chi connectivity index (χ1n) is 7.06. The number of hydrogen-bond donors (Lipinski definition) is 0.